The second kappa shape index (κ2) is 4.55. The van der Waals surface area contributed by atoms with Crippen LogP contribution in [0.3, 0.4) is 0 Å². The maximum Gasteiger partial charge on any atom is 0.308 e. The first-order valence-corrected chi connectivity index (χ1v) is 7.23. The lowest BCUT2D eigenvalue weighted by atomic mass is 9.98. The van der Waals surface area contributed by atoms with Crippen molar-refractivity contribution in [3.63, 3.8) is 0 Å². The number of thiocarbonyl (C=S) groups is 1. The van der Waals surface area contributed by atoms with Crippen molar-refractivity contribution < 1.29 is 9.53 Å². The summed E-state index contributed by atoms with van der Waals surface area (Å²) in [6, 6.07) is 10.2. The van der Waals surface area contributed by atoms with Gasteiger partial charge in [-0.15, -0.1) is 0 Å². The average Bonchev–Trinajstić information content (AvgIpc) is 2.89. The molecule has 2 saturated heterocycles. The van der Waals surface area contributed by atoms with Crippen molar-refractivity contribution in [1.29, 1.82) is 0 Å². The topological polar surface area (TPSA) is 29.5 Å². The third-order valence-corrected chi connectivity index (χ3v) is 5.14. The molecule has 1 aromatic rings. The highest BCUT2D eigenvalue weighted by atomic mass is 32.2. The van der Waals surface area contributed by atoms with Crippen molar-refractivity contribution in [2.24, 2.45) is 0 Å². The van der Waals surface area contributed by atoms with Gasteiger partial charge in [0.25, 0.3) is 0 Å². The van der Waals surface area contributed by atoms with E-state index < -0.39 is 0 Å². The molecule has 3 nitrogen and oxygen atoms in total. The van der Waals surface area contributed by atoms with E-state index >= 15 is 0 Å². The van der Waals surface area contributed by atoms with E-state index in [2.05, 4.69) is 17.0 Å². The highest BCUT2D eigenvalue weighted by Gasteiger charge is 2.50. The Morgan fingerprint density at radius 2 is 2.17 bits per heavy atom. The first-order chi connectivity index (χ1) is 8.70. The smallest absolute Gasteiger partial charge is 0.308 e. The largest absolute Gasteiger partial charge is 0.463 e. The number of ether oxygens (including phenoxy) is 1. The van der Waals surface area contributed by atoms with Gasteiger partial charge in [0.2, 0.25) is 0 Å². The predicted octanol–water partition coefficient (Wildman–Crippen LogP) is 2.21. The summed E-state index contributed by atoms with van der Waals surface area (Å²) >= 11 is 7.06. The second-order valence-electron chi connectivity index (χ2n) is 4.69. The summed E-state index contributed by atoms with van der Waals surface area (Å²) in [6.45, 7) is 1.22. The number of carbonyl (C=O) groups is 1. The normalized spacial score (nSPS) is 27.0. The van der Waals surface area contributed by atoms with Crippen LogP contribution < -0.4 is 0 Å². The predicted molar refractivity (Wildman–Crippen MR) is 75.3 cm³/mol. The Bertz CT molecular complexity index is 487. The first kappa shape index (κ1) is 12.0. The van der Waals surface area contributed by atoms with Gasteiger partial charge in [0.05, 0.1) is 12.0 Å². The number of cyclic esters (lactones) is 1. The number of carbonyl (C=O) groups excluding carboxylic acids is 1. The Hall–Kier alpha value is -1.07. The van der Waals surface area contributed by atoms with Crippen molar-refractivity contribution in [1.82, 2.24) is 4.90 Å². The zero-order chi connectivity index (χ0) is 12.6. The number of thioether (sulfide) groups is 1. The monoisotopic (exact) mass is 279 g/mol. The van der Waals surface area contributed by atoms with Crippen molar-refractivity contribution in [2.45, 2.75) is 18.5 Å². The van der Waals surface area contributed by atoms with Gasteiger partial charge in [-0.1, -0.05) is 54.3 Å². The molecule has 18 heavy (non-hydrogen) atoms. The van der Waals surface area contributed by atoms with Crippen molar-refractivity contribution >= 4 is 34.3 Å². The molecular formula is C13H13NO2S2. The van der Waals surface area contributed by atoms with E-state index in [1.165, 1.54) is 5.56 Å². The number of benzene rings is 1. The van der Waals surface area contributed by atoms with Gasteiger partial charge in [-0.25, -0.2) is 0 Å². The third kappa shape index (κ3) is 2.01. The summed E-state index contributed by atoms with van der Waals surface area (Å²) in [5.74, 6) is 0.739. The molecule has 1 atom stereocenters. The molecule has 2 fully saturated rings. The fourth-order valence-corrected chi connectivity index (χ4v) is 3.98. The molecule has 0 aromatic heterocycles. The zero-order valence-corrected chi connectivity index (χ0v) is 11.4. The van der Waals surface area contributed by atoms with E-state index in [0.717, 1.165) is 16.6 Å². The molecule has 0 aliphatic carbocycles. The molecule has 2 aliphatic heterocycles. The molecule has 1 unspecified atom stereocenters. The fourth-order valence-electron chi connectivity index (χ4n) is 2.40. The van der Waals surface area contributed by atoms with E-state index in [1.54, 1.807) is 11.8 Å². The van der Waals surface area contributed by atoms with Gasteiger partial charge < -0.3 is 9.64 Å². The van der Waals surface area contributed by atoms with Gasteiger partial charge >= 0.3 is 5.97 Å². The molecule has 94 valence electrons. The number of hydrogen-bond acceptors (Lipinski definition) is 4. The van der Waals surface area contributed by atoms with Crippen LogP contribution in [0.25, 0.3) is 0 Å². The Kier molecular flexibility index (Phi) is 3.03. The molecule has 2 heterocycles. The van der Waals surface area contributed by atoms with Gasteiger partial charge in [0.1, 0.15) is 10.9 Å². The maximum atomic E-state index is 11.4. The SMILES string of the molecule is O=C1CC2(CO1)CSC(=S)N2Cc1ccccc1. The quantitative estimate of drug-likeness (QED) is 0.611. The average molecular weight is 279 g/mol. The summed E-state index contributed by atoms with van der Waals surface area (Å²) in [4.78, 5) is 13.6. The van der Waals surface area contributed by atoms with Gasteiger partial charge in [0.15, 0.2) is 0 Å². The third-order valence-electron chi connectivity index (χ3n) is 3.42. The van der Waals surface area contributed by atoms with Crippen molar-refractivity contribution in [2.75, 3.05) is 12.4 Å². The summed E-state index contributed by atoms with van der Waals surface area (Å²) in [5, 5.41) is 0. The molecule has 0 radical (unpaired) electrons. The van der Waals surface area contributed by atoms with Gasteiger partial charge in [-0.3, -0.25) is 4.79 Å². The number of hydrogen-bond donors (Lipinski definition) is 0. The highest BCUT2D eigenvalue weighted by Crippen LogP contribution is 2.40. The molecule has 3 rings (SSSR count). The minimum atomic E-state index is -0.214. The lowest BCUT2D eigenvalue weighted by Crippen LogP contribution is -2.47. The van der Waals surface area contributed by atoms with Crippen LogP contribution in [0.5, 0.6) is 0 Å². The minimum absolute atomic E-state index is 0.113. The highest BCUT2D eigenvalue weighted by molar-refractivity contribution is 8.23. The molecule has 0 bridgehead atoms. The van der Waals surface area contributed by atoms with E-state index in [9.17, 15) is 4.79 Å². The Morgan fingerprint density at radius 1 is 1.39 bits per heavy atom. The molecule has 0 amide bonds. The van der Waals surface area contributed by atoms with Crippen LogP contribution in [0.15, 0.2) is 30.3 Å². The van der Waals surface area contributed by atoms with Crippen LogP contribution in [0.1, 0.15) is 12.0 Å². The standard InChI is InChI=1S/C13H13NO2S2/c15-11-6-13(8-16-11)9-18-12(17)14(13)7-10-4-2-1-3-5-10/h1-5H,6-9H2. The Balaban J connectivity index is 1.84. The van der Waals surface area contributed by atoms with Crippen LogP contribution >= 0.6 is 24.0 Å². The lowest BCUT2D eigenvalue weighted by molar-refractivity contribution is -0.137. The van der Waals surface area contributed by atoms with Gasteiger partial charge in [-0.05, 0) is 5.56 Å². The van der Waals surface area contributed by atoms with Crippen LogP contribution in [0.2, 0.25) is 0 Å². The summed E-state index contributed by atoms with van der Waals surface area (Å²) in [5.41, 5.74) is 0.996. The first-order valence-electron chi connectivity index (χ1n) is 5.84. The van der Waals surface area contributed by atoms with E-state index in [0.29, 0.717) is 13.0 Å². The Morgan fingerprint density at radius 3 is 2.83 bits per heavy atom. The molecule has 2 aliphatic rings. The Labute approximate surface area is 115 Å². The van der Waals surface area contributed by atoms with Crippen molar-refractivity contribution in [3.05, 3.63) is 35.9 Å². The summed E-state index contributed by atoms with van der Waals surface area (Å²) in [6.07, 6.45) is 0.451. The fraction of sp³-hybridized carbons (Fsp3) is 0.385. The molecule has 5 heteroatoms. The van der Waals surface area contributed by atoms with Crippen LogP contribution in [-0.4, -0.2) is 33.1 Å². The lowest BCUT2D eigenvalue weighted by Gasteiger charge is -2.32. The number of esters is 1. The van der Waals surface area contributed by atoms with E-state index in [1.807, 2.05) is 18.2 Å². The van der Waals surface area contributed by atoms with Crippen LogP contribution in [-0.2, 0) is 16.1 Å². The molecule has 1 aromatic carbocycles. The van der Waals surface area contributed by atoms with Crippen LogP contribution in [0, 0.1) is 0 Å². The van der Waals surface area contributed by atoms with Crippen LogP contribution in [0.4, 0.5) is 0 Å². The van der Waals surface area contributed by atoms with E-state index in [-0.39, 0.29) is 11.5 Å². The molecular weight excluding hydrogens is 266 g/mol. The summed E-state index contributed by atoms with van der Waals surface area (Å²) < 4.78 is 6.03. The molecule has 0 saturated carbocycles. The van der Waals surface area contributed by atoms with Gasteiger partial charge in [0, 0.05) is 12.3 Å². The van der Waals surface area contributed by atoms with Gasteiger partial charge in [-0.2, -0.15) is 0 Å². The molecule has 1 spiro atoms. The number of rotatable bonds is 2. The summed E-state index contributed by atoms with van der Waals surface area (Å²) in [7, 11) is 0. The minimum Gasteiger partial charge on any atom is -0.463 e. The molecule has 0 N–H and O–H groups in total. The maximum absolute atomic E-state index is 11.4. The van der Waals surface area contributed by atoms with Crippen molar-refractivity contribution in [3.8, 4) is 0 Å². The second-order valence-corrected chi connectivity index (χ2v) is 6.30. The zero-order valence-electron chi connectivity index (χ0n) is 9.80. The van der Waals surface area contributed by atoms with E-state index in [4.69, 9.17) is 17.0 Å². The number of nitrogens with zero attached hydrogens (tertiary/aromatic N) is 1.